The minimum atomic E-state index is 0.376. The van der Waals surface area contributed by atoms with E-state index >= 15 is 0 Å². The van der Waals surface area contributed by atoms with Gasteiger partial charge in [0, 0.05) is 24.8 Å². The first-order valence-electron chi connectivity index (χ1n) is 6.15. The third kappa shape index (κ3) is 2.22. The summed E-state index contributed by atoms with van der Waals surface area (Å²) in [7, 11) is 0. The van der Waals surface area contributed by atoms with Crippen molar-refractivity contribution in [2.45, 2.75) is 33.2 Å². The average Bonchev–Trinajstić information content (AvgIpc) is 2.26. The number of piperidine rings is 1. The van der Waals surface area contributed by atoms with Crippen molar-refractivity contribution in [3.8, 4) is 0 Å². The highest BCUT2D eigenvalue weighted by molar-refractivity contribution is 5.55. The van der Waals surface area contributed by atoms with Gasteiger partial charge in [0.05, 0.1) is 0 Å². The van der Waals surface area contributed by atoms with Crippen molar-refractivity contribution in [1.29, 1.82) is 0 Å². The molecule has 2 rings (SSSR count). The van der Waals surface area contributed by atoms with Gasteiger partial charge in [0.25, 0.3) is 0 Å². The minimum absolute atomic E-state index is 0.376. The summed E-state index contributed by atoms with van der Waals surface area (Å²) >= 11 is 0. The second-order valence-corrected chi connectivity index (χ2v) is 5.17. The van der Waals surface area contributed by atoms with Gasteiger partial charge >= 0.3 is 0 Å². The van der Waals surface area contributed by atoms with E-state index < -0.39 is 0 Å². The van der Waals surface area contributed by atoms with Crippen molar-refractivity contribution in [1.82, 2.24) is 0 Å². The van der Waals surface area contributed by atoms with Crippen LogP contribution in [0.1, 0.15) is 24.5 Å². The first-order valence-corrected chi connectivity index (χ1v) is 6.15. The highest BCUT2D eigenvalue weighted by Crippen LogP contribution is 2.26. The van der Waals surface area contributed by atoms with E-state index in [1.165, 1.54) is 16.8 Å². The number of hydrogen-bond acceptors (Lipinski definition) is 2. The molecule has 1 aromatic rings. The first kappa shape index (κ1) is 11.5. The molecule has 88 valence electrons. The zero-order valence-electron chi connectivity index (χ0n) is 10.5. The Labute approximate surface area is 98.4 Å². The molecule has 0 amide bonds. The Morgan fingerprint density at radius 2 is 2.06 bits per heavy atom. The van der Waals surface area contributed by atoms with Crippen LogP contribution in [0.3, 0.4) is 0 Å². The van der Waals surface area contributed by atoms with Gasteiger partial charge in [-0.2, -0.15) is 0 Å². The lowest BCUT2D eigenvalue weighted by Gasteiger charge is -2.37. The van der Waals surface area contributed by atoms with Crippen LogP contribution in [0.4, 0.5) is 5.69 Å². The monoisotopic (exact) mass is 218 g/mol. The van der Waals surface area contributed by atoms with Crippen LogP contribution >= 0.6 is 0 Å². The Hall–Kier alpha value is -1.02. The number of nitrogens with zero attached hydrogens (tertiary/aromatic N) is 1. The Morgan fingerprint density at radius 1 is 1.31 bits per heavy atom. The van der Waals surface area contributed by atoms with E-state index in [-0.39, 0.29) is 0 Å². The standard InChI is InChI=1S/C14H22N2/c1-10-4-5-11(2)14(8-10)16-7-6-13(15)12(3)9-16/h4-5,8,12-13H,6-7,9,15H2,1-3H3. The molecule has 1 aromatic carbocycles. The van der Waals surface area contributed by atoms with Crippen LogP contribution in [-0.4, -0.2) is 19.1 Å². The minimum Gasteiger partial charge on any atom is -0.371 e. The van der Waals surface area contributed by atoms with E-state index in [2.05, 4.69) is 43.9 Å². The predicted octanol–water partition coefficient (Wildman–Crippen LogP) is 2.48. The van der Waals surface area contributed by atoms with E-state index in [9.17, 15) is 0 Å². The number of nitrogens with two attached hydrogens (primary N) is 1. The van der Waals surface area contributed by atoms with Crippen LogP contribution in [0.5, 0.6) is 0 Å². The fourth-order valence-corrected chi connectivity index (χ4v) is 2.44. The van der Waals surface area contributed by atoms with Crippen LogP contribution < -0.4 is 10.6 Å². The van der Waals surface area contributed by atoms with Gasteiger partial charge in [-0.1, -0.05) is 19.1 Å². The van der Waals surface area contributed by atoms with Crippen molar-refractivity contribution in [2.24, 2.45) is 11.7 Å². The quantitative estimate of drug-likeness (QED) is 0.784. The molecule has 1 heterocycles. The van der Waals surface area contributed by atoms with Gasteiger partial charge in [-0.15, -0.1) is 0 Å². The molecule has 2 heteroatoms. The lowest BCUT2D eigenvalue weighted by atomic mass is 9.94. The summed E-state index contributed by atoms with van der Waals surface area (Å²) in [5.74, 6) is 0.591. The maximum Gasteiger partial charge on any atom is 0.0398 e. The lowest BCUT2D eigenvalue weighted by Crippen LogP contribution is -2.46. The van der Waals surface area contributed by atoms with Gasteiger partial charge in [0.15, 0.2) is 0 Å². The summed E-state index contributed by atoms with van der Waals surface area (Å²) in [4.78, 5) is 2.48. The van der Waals surface area contributed by atoms with Crippen LogP contribution in [0, 0.1) is 19.8 Å². The maximum absolute atomic E-state index is 6.06. The molecule has 0 bridgehead atoms. The molecule has 2 nitrogen and oxygen atoms in total. The molecule has 1 saturated heterocycles. The van der Waals surface area contributed by atoms with E-state index in [4.69, 9.17) is 5.73 Å². The molecule has 2 N–H and O–H groups in total. The van der Waals surface area contributed by atoms with Gasteiger partial charge < -0.3 is 10.6 Å². The largest absolute Gasteiger partial charge is 0.371 e. The van der Waals surface area contributed by atoms with Crippen LogP contribution in [0.2, 0.25) is 0 Å². The summed E-state index contributed by atoms with van der Waals surface area (Å²) in [6, 6.07) is 7.06. The van der Waals surface area contributed by atoms with Gasteiger partial charge in [-0.3, -0.25) is 0 Å². The molecule has 0 radical (unpaired) electrons. The normalized spacial score (nSPS) is 25.9. The zero-order valence-corrected chi connectivity index (χ0v) is 10.5. The summed E-state index contributed by atoms with van der Waals surface area (Å²) in [5.41, 5.74) is 10.2. The Balaban J connectivity index is 2.21. The molecule has 1 aliphatic heterocycles. The zero-order chi connectivity index (χ0) is 11.7. The number of benzene rings is 1. The molecular weight excluding hydrogens is 196 g/mol. The molecule has 0 aliphatic carbocycles. The number of rotatable bonds is 1. The van der Waals surface area contributed by atoms with Crippen LogP contribution in [-0.2, 0) is 0 Å². The highest BCUT2D eigenvalue weighted by Gasteiger charge is 2.23. The molecule has 2 unspecified atom stereocenters. The van der Waals surface area contributed by atoms with Crippen molar-refractivity contribution < 1.29 is 0 Å². The molecule has 0 saturated carbocycles. The molecule has 1 aliphatic rings. The van der Waals surface area contributed by atoms with Crippen LogP contribution in [0.15, 0.2) is 18.2 Å². The molecule has 2 atom stereocenters. The summed E-state index contributed by atoms with van der Waals surface area (Å²) in [5, 5.41) is 0. The molecule has 0 spiro atoms. The number of hydrogen-bond donors (Lipinski definition) is 1. The van der Waals surface area contributed by atoms with Crippen molar-refractivity contribution in [3.63, 3.8) is 0 Å². The van der Waals surface area contributed by atoms with Crippen molar-refractivity contribution in [2.75, 3.05) is 18.0 Å². The Morgan fingerprint density at radius 3 is 2.75 bits per heavy atom. The van der Waals surface area contributed by atoms with E-state index in [1.54, 1.807) is 0 Å². The maximum atomic E-state index is 6.06. The fourth-order valence-electron chi connectivity index (χ4n) is 2.44. The van der Waals surface area contributed by atoms with Gasteiger partial charge in [-0.05, 0) is 43.4 Å². The second-order valence-electron chi connectivity index (χ2n) is 5.17. The van der Waals surface area contributed by atoms with Crippen molar-refractivity contribution in [3.05, 3.63) is 29.3 Å². The summed E-state index contributed by atoms with van der Waals surface area (Å²) in [6.07, 6.45) is 1.11. The summed E-state index contributed by atoms with van der Waals surface area (Å²) in [6.45, 7) is 8.78. The average molecular weight is 218 g/mol. The molecule has 16 heavy (non-hydrogen) atoms. The first-order chi connectivity index (χ1) is 7.58. The Bertz CT molecular complexity index is 373. The smallest absolute Gasteiger partial charge is 0.0398 e. The third-order valence-electron chi connectivity index (χ3n) is 3.68. The fraction of sp³-hybridized carbons (Fsp3) is 0.571. The molecule has 1 fully saturated rings. The van der Waals surface area contributed by atoms with Gasteiger partial charge in [0.1, 0.15) is 0 Å². The highest BCUT2D eigenvalue weighted by atomic mass is 15.1. The molecule has 0 aromatic heterocycles. The third-order valence-corrected chi connectivity index (χ3v) is 3.68. The lowest BCUT2D eigenvalue weighted by molar-refractivity contribution is 0.382. The Kier molecular flexibility index (Phi) is 3.20. The molecular formula is C14H22N2. The topological polar surface area (TPSA) is 29.3 Å². The van der Waals surface area contributed by atoms with E-state index in [1.807, 2.05) is 0 Å². The van der Waals surface area contributed by atoms with Gasteiger partial charge in [-0.25, -0.2) is 0 Å². The SMILES string of the molecule is Cc1ccc(C)c(N2CCC(N)C(C)C2)c1. The van der Waals surface area contributed by atoms with Crippen LogP contribution in [0.25, 0.3) is 0 Å². The number of aryl methyl sites for hydroxylation is 2. The predicted molar refractivity (Wildman–Crippen MR) is 69.9 cm³/mol. The van der Waals surface area contributed by atoms with E-state index in [0.717, 1.165) is 19.5 Å². The van der Waals surface area contributed by atoms with E-state index in [0.29, 0.717) is 12.0 Å². The van der Waals surface area contributed by atoms with Crippen molar-refractivity contribution >= 4 is 5.69 Å². The summed E-state index contributed by atoms with van der Waals surface area (Å²) < 4.78 is 0. The number of anilines is 1. The van der Waals surface area contributed by atoms with Gasteiger partial charge in [0.2, 0.25) is 0 Å². The second kappa shape index (κ2) is 4.46.